The molecule has 5 heteroatoms. The number of nitrogen functional groups attached to an aromatic ring is 1. The van der Waals surface area contributed by atoms with Gasteiger partial charge in [-0.15, -0.1) is 0 Å². The number of anilines is 1. The first-order valence-electron chi connectivity index (χ1n) is 8.85. The Hall–Kier alpha value is -2.04. The van der Waals surface area contributed by atoms with Crippen molar-refractivity contribution in [3.8, 4) is 0 Å². The van der Waals surface area contributed by atoms with Crippen LogP contribution in [0.5, 0.6) is 0 Å². The zero-order chi connectivity index (χ0) is 18.9. The number of nitrogens with one attached hydrogen (secondary N) is 1. The van der Waals surface area contributed by atoms with Crippen molar-refractivity contribution >= 4 is 17.6 Å². The summed E-state index contributed by atoms with van der Waals surface area (Å²) in [4.78, 5) is 25.7. The fourth-order valence-electron chi connectivity index (χ4n) is 3.22. The molecule has 0 spiro atoms. The number of alkyl carbamates (subject to hydrolysis) is 1. The number of hydrogen-bond donors (Lipinski definition) is 2. The predicted molar refractivity (Wildman–Crippen MR) is 99.5 cm³/mol. The lowest BCUT2D eigenvalue weighted by Crippen LogP contribution is -2.58. The van der Waals surface area contributed by atoms with Crippen LogP contribution in [0, 0.1) is 5.41 Å². The summed E-state index contributed by atoms with van der Waals surface area (Å²) < 4.78 is 5.40. The van der Waals surface area contributed by atoms with E-state index in [0.29, 0.717) is 24.1 Å². The van der Waals surface area contributed by atoms with Crippen LogP contribution in [0.3, 0.4) is 0 Å². The highest BCUT2D eigenvalue weighted by molar-refractivity contribution is 6.08. The van der Waals surface area contributed by atoms with E-state index in [1.807, 2.05) is 0 Å². The van der Waals surface area contributed by atoms with E-state index in [0.717, 1.165) is 12.8 Å². The molecule has 5 nitrogen and oxygen atoms in total. The van der Waals surface area contributed by atoms with Gasteiger partial charge in [-0.3, -0.25) is 4.79 Å². The standard InChI is InChI=1S/C20H30N2O3/c1-18(2,3)25-17(24)22-20(12-10-19(4,5)11-13-20)16(23)14-8-6-7-9-15(14)21/h6-9H,10-13,21H2,1-5H3,(H,22,24). The highest BCUT2D eigenvalue weighted by atomic mass is 16.6. The third-order valence-corrected chi connectivity index (χ3v) is 4.84. The summed E-state index contributed by atoms with van der Waals surface area (Å²) in [6.45, 7) is 9.79. The van der Waals surface area contributed by atoms with Crippen LogP contribution in [-0.2, 0) is 4.74 Å². The number of carbonyl (C=O) groups is 2. The Morgan fingerprint density at radius 1 is 1.08 bits per heavy atom. The maximum absolute atomic E-state index is 13.3. The van der Waals surface area contributed by atoms with Crippen LogP contribution in [-0.4, -0.2) is 23.0 Å². The average molecular weight is 346 g/mol. The molecule has 0 aromatic heterocycles. The van der Waals surface area contributed by atoms with E-state index in [4.69, 9.17) is 10.5 Å². The summed E-state index contributed by atoms with van der Waals surface area (Å²) in [5, 5.41) is 2.89. The second-order valence-corrected chi connectivity index (χ2v) is 8.79. The Bertz CT molecular complexity index is 649. The molecule has 25 heavy (non-hydrogen) atoms. The van der Waals surface area contributed by atoms with Crippen molar-refractivity contribution in [2.24, 2.45) is 5.41 Å². The van der Waals surface area contributed by atoms with Crippen molar-refractivity contribution in [1.29, 1.82) is 0 Å². The molecule has 1 saturated carbocycles. The van der Waals surface area contributed by atoms with E-state index in [9.17, 15) is 9.59 Å². The van der Waals surface area contributed by atoms with Crippen molar-refractivity contribution in [2.75, 3.05) is 5.73 Å². The number of carbonyl (C=O) groups excluding carboxylic acids is 2. The molecule has 1 aromatic rings. The summed E-state index contributed by atoms with van der Waals surface area (Å²) >= 11 is 0. The number of Topliss-reactive ketones (excluding diaryl/α,β-unsaturated/α-hetero) is 1. The van der Waals surface area contributed by atoms with Crippen LogP contribution in [0.1, 0.15) is 70.7 Å². The van der Waals surface area contributed by atoms with Gasteiger partial charge in [0, 0.05) is 11.3 Å². The molecule has 1 amide bonds. The van der Waals surface area contributed by atoms with Crippen LogP contribution in [0.15, 0.2) is 24.3 Å². The minimum atomic E-state index is -0.965. The van der Waals surface area contributed by atoms with Gasteiger partial charge in [0.1, 0.15) is 11.1 Å². The lowest BCUT2D eigenvalue weighted by Gasteiger charge is -2.43. The zero-order valence-electron chi connectivity index (χ0n) is 15.9. The fourth-order valence-corrected chi connectivity index (χ4v) is 3.22. The molecule has 1 aromatic carbocycles. The molecular weight excluding hydrogens is 316 g/mol. The molecule has 0 unspecified atom stereocenters. The van der Waals surface area contributed by atoms with E-state index >= 15 is 0 Å². The Morgan fingerprint density at radius 2 is 1.64 bits per heavy atom. The van der Waals surface area contributed by atoms with Crippen molar-refractivity contribution in [1.82, 2.24) is 5.32 Å². The van der Waals surface area contributed by atoms with Gasteiger partial charge in [-0.1, -0.05) is 26.0 Å². The smallest absolute Gasteiger partial charge is 0.408 e. The number of para-hydroxylation sites is 1. The SMILES string of the molecule is CC1(C)CCC(NC(=O)OC(C)(C)C)(C(=O)c2ccccc2N)CC1. The molecule has 3 N–H and O–H groups in total. The summed E-state index contributed by atoms with van der Waals surface area (Å²) in [6, 6.07) is 7.01. The third-order valence-electron chi connectivity index (χ3n) is 4.84. The number of nitrogens with two attached hydrogens (primary N) is 1. The van der Waals surface area contributed by atoms with E-state index < -0.39 is 17.2 Å². The Kier molecular flexibility index (Phi) is 5.17. The first kappa shape index (κ1) is 19.3. The second kappa shape index (κ2) is 6.70. The highest BCUT2D eigenvalue weighted by Crippen LogP contribution is 2.42. The zero-order valence-corrected chi connectivity index (χ0v) is 15.9. The molecule has 0 radical (unpaired) electrons. The number of hydrogen-bond acceptors (Lipinski definition) is 4. The first-order chi connectivity index (χ1) is 11.4. The molecule has 0 bridgehead atoms. The molecule has 0 atom stereocenters. The fraction of sp³-hybridized carbons (Fsp3) is 0.600. The van der Waals surface area contributed by atoms with E-state index in [1.54, 1.807) is 45.0 Å². The van der Waals surface area contributed by atoms with Crippen LogP contribution < -0.4 is 11.1 Å². The molecule has 1 aliphatic rings. The molecule has 0 saturated heterocycles. The average Bonchev–Trinajstić information content (AvgIpc) is 2.48. The van der Waals surface area contributed by atoms with Gasteiger partial charge in [0.15, 0.2) is 5.78 Å². The molecular formula is C20H30N2O3. The summed E-state index contributed by atoms with van der Waals surface area (Å²) in [5.74, 6) is -0.132. The van der Waals surface area contributed by atoms with Gasteiger partial charge in [0.2, 0.25) is 0 Å². The topological polar surface area (TPSA) is 81.4 Å². The van der Waals surface area contributed by atoms with Crippen LogP contribution in [0.4, 0.5) is 10.5 Å². The summed E-state index contributed by atoms with van der Waals surface area (Å²) in [7, 11) is 0. The van der Waals surface area contributed by atoms with Gasteiger partial charge in [-0.25, -0.2) is 4.79 Å². The van der Waals surface area contributed by atoms with E-state index in [-0.39, 0.29) is 11.2 Å². The Labute approximate surface area is 150 Å². The normalized spacial score (nSPS) is 19.1. The van der Waals surface area contributed by atoms with E-state index in [2.05, 4.69) is 19.2 Å². The minimum Gasteiger partial charge on any atom is -0.444 e. The molecule has 0 heterocycles. The lowest BCUT2D eigenvalue weighted by molar-refractivity contribution is 0.0353. The van der Waals surface area contributed by atoms with Gasteiger partial charge >= 0.3 is 6.09 Å². The summed E-state index contributed by atoms with van der Waals surface area (Å²) in [5.41, 5.74) is 5.47. The maximum Gasteiger partial charge on any atom is 0.408 e. The van der Waals surface area contributed by atoms with Gasteiger partial charge in [-0.2, -0.15) is 0 Å². The number of ether oxygens (including phenoxy) is 1. The van der Waals surface area contributed by atoms with Gasteiger partial charge < -0.3 is 15.8 Å². The maximum atomic E-state index is 13.3. The minimum absolute atomic E-state index is 0.132. The number of benzene rings is 1. The van der Waals surface area contributed by atoms with Crippen molar-refractivity contribution < 1.29 is 14.3 Å². The summed E-state index contributed by atoms with van der Waals surface area (Å²) in [6.07, 6.45) is 2.29. The highest BCUT2D eigenvalue weighted by Gasteiger charge is 2.46. The van der Waals surface area contributed by atoms with Gasteiger partial charge in [0.05, 0.1) is 0 Å². The van der Waals surface area contributed by atoms with Crippen molar-refractivity contribution in [2.45, 2.75) is 71.4 Å². The molecule has 1 fully saturated rings. The largest absolute Gasteiger partial charge is 0.444 e. The third kappa shape index (κ3) is 4.74. The molecule has 0 aliphatic heterocycles. The lowest BCUT2D eigenvalue weighted by atomic mass is 9.67. The second-order valence-electron chi connectivity index (χ2n) is 8.79. The number of rotatable bonds is 3. The molecule has 1 aliphatic carbocycles. The molecule has 2 rings (SSSR count). The number of amides is 1. The van der Waals surface area contributed by atoms with Crippen molar-refractivity contribution in [3.05, 3.63) is 29.8 Å². The predicted octanol–water partition coefficient (Wildman–Crippen LogP) is 4.32. The van der Waals surface area contributed by atoms with E-state index in [1.165, 1.54) is 0 Å². The first-order valence-corrected chi connectivity index (χ1v) is 8.85. The van der Waals surface area contributed by atoms with Crippen LogP contribution in [0.25, 0.3) is 0 Å². The van der Waals surface area contributed by atoms with Crippen molar-refractivity contribution in [3.63, 3.8) is 0 Å². The quantitative estimate of drug-likeness (QED) is 0.631. The Morgan fingerprint density at radius 3 is 2.16 bits per heavy atom. The van der Waals surface area contributed by atoms with Gasteiger partial charge in [-0.05, 0) is 64.0 Å². The number of ketones is 1. The van der Waals surface area contributed by atoms with Crippen LogP contribution in [0.2, 0.25) is 0 Å². The van der Waals surface area contributed by atoms with Gasteiger partial charge in [0.25, 0.3) is 0 Å². The Balaban J connectivity index is 2.32. The van der Waals surface area contributed by atoms with Crippen LogP contribution >= 0.6 is 0 Å². The molecule has 138 valence electrons. The monoisotopic (exact) mass is 346 g/mol.